The Morgan fingerprint density at radius 3 is 2.67 bits per heavy atom. The van der Waals surface area contributed by atoms with Crippen molar-refractivity contribution >= 4 is 40.7 Å². The summed E-state index contributed by atoms with van der Waals surface area (Å²) in [7, 11) is 0. The van der Waals surface area contributed by atoms with Gasteiger partial charge in [-0.2, -0.15) is 5.10 Å². The summed E-state index contributed by atoms with van der Waals surface area (Å²) in [6.07, 6.45) is 0.735. The van der Waals surface area contributed by atoms with Gasteiger partial charge in [-0.05, 0) is 52.3 Å². The normalized spacial score (nSPS) is 12.8. The third-order valence-electron chi connectivity index (χ3n) is 3.46. The van der Waals surface area contributed by atoms with Gasteiger partial charge in [-0.3, -0.25) is 4.79 Å². The quantitative estimate of drug-likeness (QED) is 0.474. The van der Waals surface area contributed by atoms with Crippen LogP contribution in [0.3, 0.4) is 0 Å². The smallest absolute Gasteiger partial charge is 0.408 e. The summed E-state index contributed by atoms with van der Waals surface area (Å²) in [6, 6.07) is 6.88. The lowest BCUT2D eigenvalue weighted by atomic mass is 10.1. The van der Waals surface area contributed by atoms with Crippen molar-refractivity contribution in [1.29, 1.82) is 0 Å². The molecule has 0 fully saturated rings. The van der Waals surface area contributed by atoms with E-state index in [1.807, 2.05) is 31.2 Å². The lowest BCUT2D eigenvalue weighted by Crippen LogP contribution is -2.45. The molecule has 7 nitrogen and oxygen atoms in total. The van der Waals surface area contributed by atoms with E-state index in [-0.39, 0.29) is 5.15 Å². The number of carbonyl (C=O) groups is 2. The van der Waals surface area contributed by atoms with Gasteiger partial charge in [-0.15, -0.1) is 0 Å². The summed E-state index contributed by atoms with van der Waals surface area (Å²) in [5.41, 5.74) is 4.16. The van der Waals surface area contributed by atoms with Crippen LogP contribution in [0.25, 0.3) is 10.9 Å². The summed E-state index contributed by atoms with van der Waals surface area (Å²) in [5, 5.41) is 7.53. The molecule has 144 valence electrons. The van der Waals surface area contributed by atoms with E-state index in [2.05, 4.69) is 20.8 Å². The molecule has 0 aliphatic rings. The third kappa shape index (κ3) is 6.21. The molecule has 2 N–H and O–H groups in total. The first-order valence-corrected chi connectivity index (χ1v) is 8.82. The van der Waals surface area contributed by atoms with E-state index in [4.69, 9.17) is 16.3 Å². The number of ether oxygens (including phenoxy) is 1. The number of alkyl carbamates (subject to hydrolysis) is 1. The molecule has 0 bridgehead atoms. The van der Waals surface area contributed by atoms with Crippen molar-refractivity contribution in [2.24, 2.45) is 5.10 Å². The van der Waals surface area contributed by atoms with Gasteiger partial charge in [-0.1, -0.05) is 23.7 Å². The molecule has 0 spiro atoms. The average molecular weight is 391 g/mol. The predicted octanol–water partition coefficient (Wildman–Crippen LogP) is 3.56. The summed E-state index contributed by atoms with van der Waals surface area (Å²) in [4.78, 5) is 28.0. The van der Waals surface area contributed by atoms with Crippen molar-refractivity contribution in [3.8, 4) is 0 Å². The number of hydrogen-bond acceptors (Lipinski definition) is 5. The maximum atomic E-state index is 12.0. The molecule has 2 aromatic rings. The number of amides is 2. The number of hydrogen-bond donors (Lipinski definition) is 2. The van der Waals surface area contributed by atoms with Gasteiger partial charge in [0.1, 0.15) is 16.8 Å². The Hall–Kier alpha value is -2.67. The molecule has 0 aliphatic heterocycles. The molecule has 2 amide bonds. The van der Waals surface area contributed by atoms with E-state index in [1.54, 1.807) is 20.8 Å². The van der Waals surface area contributed by atoms with Crippen LogP contribution in [0.1, 0.15) is 38.8 Å². The lowest BCUT2D eigenvalue weighted by molar-refractivity contribution is -0.122. The van der Waals surface area contributed by atoms with Crippen LogP contribution in [0.2, 0.25) is 5.15 Å². The van der Waals surface area contributed by atoms with E-state index >= 15 is 0 Å². The summed E-state index contributed by atoms with van der Waals surface area (Å²) in [6.45, 7) is 8.73. The van der Waals surface area contributed by atoms with Gasteiger partial charge in [-0.25, -0.2) is 15.2 Å². The lowest BCUT2D eigenvalue weighted by Gasteiger charge is -2.21. The molecule has 27 heavy (non-hydrogen) atoms. The van der Waals surface area contributed by atoms with Gasteiger partial charge in [0.25, 0.3) is 5.91 Å². The molecule has 0 aliphatic carbocycles. The monoisotopic (exact) mass is 390 g/mol. The number of halogens is 1. The van der Waals surface area contributed by atoms with Crippen LogP contribution in [0.4, 0.5) is 4.79 Å². The maximum absolute atomic E-state index is 12.0. The molecule has 0 saturated heterocycles. The van der Waals surface area contributed by atoms with E-state index in [9.17, 15) is 9.59 Å². The highest BCUT2D eigenvalue weighted by Gasteiger charge is 2.20. The molecule has 1 aromatic carbocycles. The number of fused-ring (bicyclic) bond motifs is 1. The van der Waals surface area contributed by atoms with Crippen LogP contribution < -0.4 is 10.7 Å². The van der Waals surface area contributed by atoms with Gasteiger partial charge < -0.3 is 10.1 Å². The minimum absolute atomic E-state index is 0.283. The van der Waals surface area contributed by atoms with Crippen molar-refractivity contribution < 1.29 is 14.3 Å². The Balaban J connectivity index is 1.99. The second-order valence-corrected chi connectivity index (χ2v) is 7.52. The number of carbonyl (C=O) groups excluding carboxylic acids is 2. The SMILES string of the molecule is Cc1ccc2cc(/C=N\NC(=O)[C@@H](C)NC(=O)OC(C)(C)C)c(Cl)nc2c1. The van der Waals surface area contributed by atoms with Gasteiger partial charge in [0.05, 0.1) is 11.7 Å². The number of aromatic nitrogens is 1. The average Bonchev–Trinajstić information content (AvgIpc) is 2.53. The Morgan fingerprint density at radius 1 is 1.30 bits per heavy atom. The summed E-state index contributed by atoms with van der Waals surface area (Å²) < 4.78 is 5.10. The Kier molecular flexibility index (Phi) is 6.38. The standard InChI is InChI=1S/C19H23ClN4O3/c1-11-6-7-13-9-14(16(20)23-15(13)8-11)10-21-24-17(25)12(2)22-18(26)27-19(3,4)5/h6-10,12H,1-5H3,(H,22,26)(H,24,25)/b21-10-/t12-/m1/s1. The number of rotatable bonds is 4. The molecule has 1 heterocycles. The highest BCUT2D eigenvalue weighted by Crippen LogP contribution is 2.20. The first kappa shape index (κ1) is 20.6. The van der Waals surface area contributed by atoms with Gasteiger partial charge >= 0.3 is 6.09 Å². The third-order valence-corrected chi connectivity index (χ3v) is 3.76. The van der Waals surface area contributed by atoms with Gasteiger partial charge in [0.2, 0.25) is 0 Å². The first-order valence-electron chi connectivity index (χ1n) is 8.44. The highest BCUT2D eigenvalue weighted by molar-refractivity contribution is 6.32. The van der Waals surface area contributed by atoms with Crippen molar-refractivity contribution in [3.63, 3.8) is 0 Å². The zero-order valence-electron chi connectivity index (χ0n) is 16.0. The molecular formula is C19H23ClN4O3. The second-order valence-electron chi connectivity index (χ2n) is 7.17. The number of hydrazone groups is 1. The Labute approximate surface area is 163 Å². The molecule has 2 rings (SSSR count). The maximum Gasteiger partial charge on any atom is 0.408 e. The topological polar surface area (TPSA) is 92.7 Å². The highest BCUT2D eigenvalue weighted by atomic mass is 35.5. The number of aryl methyl sites for hydroxylation is 1. The summed E-state index contributed by atoms with van der Waals surface area (Å²) in [5.74, 6) is -0.488. The molecule has 0 unspecified atom stereocenters. The molecule has 8 heteroatoms. The van der Waals surface area contributed by atoms with E-state index in [0.717, 1.165) is 16.5 Å². The molecule has 0 radical (unpaired) electrons. The fourth-order valence-electron chi connectivity index (χ4n) is 2.17. The summed E-state index contributed by atoms with van der Waals surface area (Å²) >= 11 is 6.18. The van der Waals surface area contributed by atoms with Crippen molar-refractivity contribution in [3.05, 3.63) is 40.5 Å². The molecular weight excluding hydrogens is 368 g/mol. The van der Waals surface area contributed by atoms with E-state index in [0.29, 0.717) is 5.56 Å². The van der Waals surface area contributed by atoms with Crippen molar-refractivity contribution in [2.45, 2.75) is 46.3 Å². The van der Waals surface area contributed by atoms with Gasteiger partial charge in [0.15, 0.2) is 0 Å². The second kappa shape index (κ2) is 8.35. The fraction of sp³-hybridized carbons (Fsp3) is 0.368. The van der Waals surface area contributed by atoms with E-state index in [1.165, 1.54) is 13.1 Å². The van der Waals surface area contributed by atoms with Crippen LogP contribution in [0.5, 0.6) is 0 Å². The zero-order chi connectivity index (χ0) is 20.2. The molecule has 1 atom stereocenters. The van der Waals surface area contributed by atoms with Crippen molar-refractivity contribution in [1.82, 2.24) is 15.7 Å². The first-order chi connectivity index (χ1) is 12.5. The number of nitrogens with zero attached hydrogens (tertiary/aromatic N) is 2. The Morgan fingerprint density at radius 2 is 2.00 bits per heavy atom. The Bertz CT molecular complexity index is 890. The minimum atomic E-state index is -0.815. The number of pyridine rings is 1. The molecule has 0 saturated carbocycles. The van der Waals surface area contributed by atoms with Crippen LogP contribution in [-0.4, -0.2) is 34.8 Å². The minimum Gasteiger partial charge on any atom is -0.444 e. The largest absolute Gasteiger partial charge is 0.444 e. The van der Waals surface area contributed by atoms with Crippen LogP contribution in [0, 0.1) is 6.92 Å². The number of nitrogens with one attached hydrogen (secondary N) is 2. The number of benzene rings is 1. The fourth-order valence-corrected chi connectivity index (χ4v) is 2.37. The van der Waals surface area contributed by atoms with Crippen LogP contribution in [0.15, 0.2) is 29.4 Å². The molecule has 1 aromatic heterocycles. The van der Waals surface area contributed by atoms with Crippen LogP contribution in [-0.2, 0) is 9.53 Å². The van der Waals surface area contributed by atoms with E-state index < -0.39 is 23.6 Å². The predicted molar refractivity (Wildman–Crippen MR) is 106 cm³/mol. The zero-order valence-corrected chi connectivity index (χ0v) is 16.7. The van der Waals surface area contributed by atoms with Crippen LogP contribution >= 0.6 is 11.6 Å². The van der Waals surface area contributed by atoms with Crippen molar-refractivity contribution in [2.75, 3.05) is 0 Å². The van der Waals surface area contributed by atoms with Gasteiger partial charge in [0, 0.05) is 10.9 Å².